The van der Waals surface area contributed by atoms with Gasteiger partial charge in [-0.2, -0.15) is 5.10 Å². The van der Waals surface area contributed by atoms with Crippen LogP contribution in [0, 0.1) is 10.1 Å². The van der Waals surface area contributed by atoms with E-state index in [2.05, 4.69) is 15.1 Å². The second-order valence-corrected chi connectivity index (χ2v) is 5.58. The molecule has 0 radical (unpaired) electrons. The molecule has 0 aliphatic carbocycles. The van der Waals surface area contributed by atoms with E-state index in [-0.39, 0.29) is 22.8 Å². The molecule has 9 nitrogen and oxygen atoms in total. The average molecular weight is 343 g/mol. The first-order valence-electron chi connectivity index (χ1n) is 7.75. The van der Waals surface area contributed by atoms with Crippen molar-refractivity contribution in [3.8, 4) is 17.1 Å². The molecule has 0 spiro atoms. The molecule has 3 aromatic rings. The van der Waals surface area contributed by atoms with Crippen LogP contribution in [0.5, 0.6) is 5.75 Å². The van der Waals surface area contributed by atoms with E-state index in [1.54, 1.807) is 13.1 Å². The van der Waals surface area contributed by atoms with Crippen LogP contribution >= 0.6 is 0 Å². The highest BCUT2D eigenvalue weighted by molar-refractivity contribution is 5.79. The Morgan fingerprint density at radius 2 is 2.16 bits per heavy atom. The number of hydrogen-bond donors (Lipinski definition) is 1. The minimum atomic E-state index is -0.536. The molecular formula is C16H17N5O4. The highest BCUT2D eigenvalue weighted by Crippen LogP contribution is 2.31. The molecule has 0 atom stereocenters. The van der Waals surface area contributed by atoms with Crippen LogP contribution in [-0.4, -0.2) is 31.8 Å². The number of aryl methyl sites for hydroxylation is 2. The quantitative estimate of drug-likeness (QED) is 0.561. The molecule has 0 saturated carbocycles. The van der Waals surface area contributed by atoms with Crippen molar-refractivity contribution in [2.75, 3.05) is 7.11 Å². The molecule has 2 aromatic heterocycles. The maximum absolute atomic E-state index is 12.4. The second-order valence-electron chi connectivity index (χ2n) is 5.58. The number of benzene rings is 1. The Balaban J connectivity index is 2.23. The Kier molecular flexibility index (Phi) is 4.22. The van der Waals surface area contributed by atoms with Crippen molar-refractivity contribution < 1.29 is 9.66 Å². The largest absolute Gasteiger partial charge is 0.490 e. The SMILES string of the molecule is CCCc1nn(C)c2c(=O)[nH]c(-c3ccc(OC)c([N+](=O)[O-])c3)nc12. The van der Waals surface area contributed by atoms with Crippen molar-refractivity contribution in [1.29, 1.82) is 0 Å². The van der Waals surface area contributed by atoms with Crippen LogP contribution in [-0.2, 0) is 13.5 Å². The van der Waals surface area contributed by atoms with Gasteiger partial charge in [0, 0.05) is 18.7 Å². The fraction of sp³-hybridized carbons (Fsp3) is 0.312. The van der Waals surface area contributed by atoms with E-state index in [9.17, 15) is 14.9 Å². The van der Waals surface area contributed by atoms with E-state index in [1.165, 1.54) is 23.9 Å². The summed E-state index contributed by atoms with van der Waals surface area (Å²) in [5.41, 5.74) is 1.53. The Bertz CT molecular complexity index is 1020. The summed E-state index contributed by atoms with van der Waals surface area (Å²) in [4.78, 5) is 30.3. The van der Waals surface area contributed by atoms with Gasteiger partial charge in [0.25, 0.3) is 5.56 Å². The Morgan fingerprint density at radius 1 is 1.40 bits per heavy atom. The van der Waals surface area contributed by atoms with Crippen LogP contribution in [0.15, 0.2) is 23.0 Å². The maximum Gasteiger partial charge on any atom is 0.311 e. The van der Waals surface area contributed by atoms with Crippen LogP contribution in [0.25, 0.3) is 22.4 Å². The topological polar surface area (TPSA) is 116 Å². The number of hydrogen-bond acceptors (Lipinski definition) is 6. The summed E-state index contributed by atoms with van der Waals surface area (Å²) < 4.78 is 6.50. The number of fused-ring (bicyclic) bond motifs is 1. The molecular weight excluding hydrogens is 326 g/mol. The number of nitrogens with zero attached hydrogens (tertiary/aromatic N) is 4. The van der Waals surface area contributed by atoms with Gasteiger partial charge in [-0.05, 0) is 18.6 Å². The Labute approximate surface area is 142 Å². The first-order valence-corrected chi connectivity index (χ1v) is 7.75. The summed E-state index contributed by atoms with van der Waals surface area (Å²) in [6.45, 7) is 2.02. The molecule has 9 heteroatoms. The van der Waals surface area contributed by atoms with E-state index in [1.807, 2.05) is 6.92 Å². The molecule has 1 N–H and O–H groups in total. The third-order valence-electron chi connectivity index (χ3n) is 3.90. The van der Waals surface area contributed by atoms with Crippen molar-refractivity contribution in [3.05, 3.63) is 44.4 Å². The van der Waals surface area contributed by atoms with Crippen molar-refractivity contribution in [2.45, 2.75) is 19.8 Å². The van der Waals surface area contributed by atoms with E-state index in [4.69, 9.17) is 4.74 Å². The predicted molar refractivity (Wildman–Crippen MR) is 91.8 cm³/mol. The smallest absolute Gasteiger partial charge is 0.311 e. The number of aromatic nitrogens is 4. The number of H-pyrrole nitrogens is 1. The molecule has 0 saturated heterocycles. The number of ether oxygens (including phenoxy) is 1. The molecule has 25 heavy (non-hydrogen) atoms. The van der Waals surface area contributed by atoms with E-state index < -0.39 is 4.92 Å². The average Bonchev–Trinajstić information content (AvgIpc) is 2.90. The number of methoxy groups -OCH3 is 1. The van der Waals surface area contributed by atoms with Crippen LogP contribution < -0.4 is 10.3 Å². The van der Waals surface area contributed by atoms with Gasteiger partial charge in [-0.1, -0.05) is 13.3 Å². The summed E-state index contributed by atoms with van der Waals surface area (Å²) in [5, 5.41) is 15.6. The zero-order valence-corrected chi connectivity index (χ0v) is 14.1. The molecule has 3 rings (SSSR count). The van der Waals surface area contributed by atoms with Gasteiger partial charge in [-0.25, -0.2) is 4.98 Å². The third kappa shape index (κ3) is 2.84. The first-order chi connectivity index (χ1) is 12.0. The van der Waals surface area contributed by atoms with E-state index in [0.29, 0.717) is 23.0 Å². The lowest BCUT2D eigenvalue weighted by molar-refractivity contribution is -0.385. The standard InChI is InChI=1S/C16H17N5O4/c1-4-5-10-13-14(20(2)19-10)16(22)18-15(17-13)9-6-7-12(25-3)11(8-9)21(23)24/h6-8H,4-5H2,1-3H3,(H,17,18,22). The highest BCUT2D eigenvalue weighted by atomic mass is 16.6. The van der Waals surface area contributed by atoms with Gasteiger partial charge < -0.3 is 9.72 Å². The predicted octanol–water partition coefficient (Wildman–Crippen LogP) is 2.19. The number of nitro benzene ring substituents is 1. The fourth-order valence-corrected chi connectivity index (χ4v) is 2.77. The van der Waals surface area contributed by atoms with Crippen molar-refractivity contribution in [3.63, 3.8) is 0 Å². The lowest BCUT2D eigenvalue weighted by Crippen LogP contribution is -2.12. The molecule has 0 amide bonds. The van der Waals surface area contributed by atoms with Crippen LogP contribution in [0.3, 0.4) is 0 Å². The summed E-state index contributed by atoms with van der Waals surface area (Å²) in [7, 11) is 3.05. The summed E-state index contributed by atoms with van der Waals surface area (Å²) in [6.07, 6.45) is 1.56. The second kappa shape index (κ2) is 6.34. The first kappa shape index (κ1) is 16.6. The van der Waals surface area contributed by atoms with Crippen molar-refractivity contribution in [2.24, 2.45) is 7.05 Å². The summed E-state index contributed by atoms with van der Waals surface area (Å²) in [6, 6.07) is 4.43. The molecule has 0 bridgehead atoms. The zero-order valence-electron chi connectivity index (χ0n) is 14.1. The Hall–Kier alpha value is -3.23. The number of rotatable bonds is 5. The van der Waals surface area contributed by atoms with Gasteiger partial charge in [-0.3, -0.25) is 19.6 Å². The Morgan fingerprint density at radius 3 is 2.80 bits per heavy atom. The summed E-state index contributed by atoms with van der Waals surface area (Å²) in [5.74, 6) is 0.402. The van der Waals surface area contributed by atoms with Crippen molar-refractivity contribution in [1.82, 2.24) is 19.7 Å². The molecule has 0 fully saturated rings. The lowest BCUT2D eigenvalue weighted by Gasteiger charge is -2.05. The van der Waals surface area contributed by atoms with E-state index >= 15 is 0 Å². The molecule has 1 aromatic carbocycles. The molecule has 0 aliphatic heterocycles. The molecule has 0 aliphatic rings. The van der Waals surface area contributed by atoms with Crippen LogP contribution in [0.1, 0.15) is 19.0 Å². The normalized spacial score (nSPS) is 11.0. The van der Waals surface area contributed by atoms with Gasteiger partial charge in [0.1, 0.15) is 11.3 Å². The van der Waals surface area contributed by atoms with Gasteiger partial charge in [0.2, 0.25) is 0 Å². The molecule has 2 heterocycles. The number of nitrogens with one attached hydrogen (secondary N) is 1. The minimum absolute atomic E-state index is 0.144. The number of aromatic amines is 1. The third-order valence-corrected chi connectivity index (χ3v) is 3.90. The van der Waals surface area contributed by atoms with Gasteiger partial charge >= 0.3 is 5.69 Å². The van der Waals surface area contributed by atoms with Gasteiger partial charge in [-0.15, -0.1) is 0 Å². The minimum Gasteiger partial charge on any atom is -0.490 e. The fourth-order valence-electron chi connectivity index (χ4n) is 2.77. The van der Waals surface area contributed by atoms with Gasteiger partial charge in [0.05, 0.1) is 17.7 Å². The zero-order chi connectivity index (χ0) is 18.1. The molecule has 0 unspecified atom stereocenters. The summed E-state index contributed by atoms with van der Waals surface area (Å²) >= 11 is 0. The van der Waals surface area contributed by atoms with Crippen molar-refractivity contribution >= 4 is 16.7 Å². The van der Waals surface area contributed by atoms with Crippen LogP contribution in [0.2, 0.25) is 0 Å². The number of nitro groups is 1. The maximum atomic E-state index is 12.4. The highest BCUT2D eigenvalue weighted by Gasteiger charge is 2.19. The van der Waals surface area contributed by atoms with E-state index in [0.717, 1.165) is 12.1 Å². The van der Waals surface area contributed by atoms with Gasteiger partial charge in [0.15, 0.2) is 11.3 Å². The molecule has 130 valence electrons. The monoisotopic (exact) mass is 343 g/mol. The van der Waals surface area contributed by atoms with Crippen LogP contribution in [0.4, 0.5) is 5.69 Å². The lowest BCUT2D eigenvalue weighted by atomic mass is 10.1.